The predicted octanol–water partition coefficient (Wildman–Crippen LogP) is 2.93. The van der Waals surface area contributed by atoms with E-state index in [2.05, 4.69) is 12.0 Å². The number of rotatable bonds is 5. The molecule has 5 heteroatoms. The minimum Gasteiger partial charge on any atom is -0.396 e. The number of aromatic nitrogens is 2. The van der Waals surface area contributed by atoms with E-state index < -0.39 is 0 Å². The van der Waals surface area contributed by atoms with Crippen LogP contribution in [0.2, 0.25) is 5.02 Å². The van der Waals surface area contributed by atoms with Gasteiger partial charge in [-0.25, -0.2) is 0 Å². The van der Waals surface area contributed by atoms with Crippen LogP contribution in [0.4, 0.5) is 0 Å². The van der Waals surface area contributed by atoms with Crippen molar-refractivity contribution in [3.63, 3.8) is 0 Å². The first-order chi connectivity index (χ1) is 9.15. The van der Waals surface area contributed by atoms with Gasteiger partial charge in [0, 0.05) is 13.2 Å². The lowest BCUT2D eigenvalue weighted by Gasteiger charge is -2.27. The van der Waals surface area contributed by atoms with Gasteiger partial charge in [-0.1, -0.05) is 11.6 Å². The molecule has 0 aliphatic heterocycles. The van der Waals surface area contributed by atoms with Crippen molar-refractivity contribution in [2.75, 3.05) is 6.61 Å². The lowest BCUT2D eigenvalue weighted by molar-refractivity contribution is -0.00150. The smallest absolute Gasteiger partial charge is 0.0903 e. The molecule has 2 rings (SSSR count). The molecule has 1 aliphatic carbocycles. The second-order valence-electron chi connectivity index (χ2n) is 5.30. The number of aliphatic hydroxyl groups excluding tert-OH is 1. The first-order valence-electron chi connectivity index (χ1n) is 7.09. The average Bonchev–Trinajstić information content (AvgIpc) is 2.72. The molecule has 1 saturated carbocycles. The number of aliphatic hydroxyl groups is 1. The van der Waals surface area contributed by atoms with E-state index in [-0.39, 0.29) is 0 Å². The van der Waals surface area contributed by atoms with Gasteiger partial charge in [0.05, 0.1) is 29.1 Å². The standard InChI is InChI=1S/C14H23ClN2O2/c1-3-17-13(14(15)10(2)16-17)9-19-12-6-4-11(8-18)5-7-12/h11-12,18H,3-9H2,1-2H3. The highest BCUT2D eigenvalue weighted by molar-refractivity contribution is 6.31. The molecule has 1 fully saturated rings. The number of halogens is 1. The van der Waals surface area contributed by atoms with Gasteiger partial charge >= 0.3 is 0 Å². The average molecular weight is 287 g/mol. The van der Waals surface area contributed by atoms with Crippen molar-refractivity contribution in [2.45, 2.75) is 58.8 Å². The van der Waals surface area contributed by atoms with Gasteiger partial charge < -0.3 is 9.84 Å². The summed E-state index contributed by atoms with van der Waals surface area (Å²) in [6.45, 7) is 5.62. The topological polar surface area (TPSA) is 47.3 Å². The minimum absolute atomic E-state index is 0.291. The molecule has 108 valence electrons. The van der Waals surface area contributed by atoms with Crippen LogP contribution >= 0.6 is 11.6 Å². The molecule has 19 heavy (non-hydrogen) atoms. The number of hydrogen-bond donors (Lipinski definition) is 1. The van der Waals surface area contributed by atoms with E-state index in [0.717, 1.165) is 48.6 Å². The van der Waals surface area contributed by atoms with Crippen molar-refractivity contribution in [1.29, 1.82) is 0 Å². The zero-order valence-electron chi connectivity index (χ0n) is 11.7. The van der Waals surface area contributed by atoms with Gasteiger partial charge in [0.2, 0.25) is 0 Å². The quantitative estimate of drug-likeness (QED) is 0.905. The van der Waals surface area contributed by atoms with Gasteiger partial charge in [0.1, 0.15) is 0 Å². The number of aryl methyl sites for hydroxylation is 2. The van der Waals surface area contributed by atoms with Gasteiger partial charge in [-0.2, -0.15) is 5.10 Å². The minimum atomic E-state index is 0.291. The number of nitrogens with zero attached hydrogens (tertiary/aromatic N) is 2. The van der Waals surface area contributed by atoms with Gasteiger partial charge in [-0.15, -0.1) is 0 Å². The Balaban J connectivity index is 1.89. The van der Waals surface area contributed by atoms with Crippen molar-refractivity contribution < 1.29 is 9.84 Å². The molecule has 1 N–H and O–H groups in total. The summed E-state index contributed by atoms with van der Waals surface area (Å²) >= 11 is 6.26. The van der Waals surface area contributed by atoms with E-state index >= 15 is 0 Å². The lowest BCUT2D eigenvalue weighted by atomic mass is 9.88. The van der Waals surface area contributed by atoms with Crippen LogP contribution in [0, 0.1) is 12.8 Å². The van der Waals surface area contributed by atoms with Crippen LogP contribution in [0.1, 0.15) is 44.0 Å². The largest absolute Gasteiger partial charge is 0.396 e. The van der Waals surface area contributed by atoms with E-state index in [1.165, 1.54) is 0 Å². The van der Waals surface area contributed by atoms with Crippen molar-refractivity contribution in [1.82, 2.24) is 9.78 Å². The third-order valence-electron chi connectivity index (χ3n) is 3.96. The second-order valence-corrected chi connectivity index (χ2v) is 5.68. The summed E-state index contributed by atoms with van der Waals surface area (Å²) in [4.78, 5) is 0. The highest BCUT2D eigenvalue weighted by Gasteiger charge is 2.22. The first-order valence-corrected chi connectivity index (χ1v) is 7.47. The Morgan fingerprint density at radius 1 is 1.37 bits per heavy atom. The highest BCUT2D eigenvalue weighted by Crippen LogP contribution is 2.28. The summed E-state index contributed by atoms with van der Waals surface area (Å²) in [5.74, 6) is 0.465. The molecule has 1 aromatic rings. The van der Waals surface area contributed by atoms with Crippen LogP contribution in [0.5, 0.6) is 0 Å². The third kappa shape index (κ3) is 3.50. The molecule has 4 nitrogen and oxygen atoms in total. The fourth-order valence-electron chi connectivity index (χ4n) is 2.68. The fraction of sp³-hybridized carbons (Fsp3) is 0.786. The van der Waals surface area contributed by atoms with E-state index in [9.17, 15) is 0 Å². The summed E-state index contributed by atoms with van der Waals surface area (Å²) < 4.78 is 7.89. The molecule has 1 aromatic heterocycles. The molecular weight excluding hydrogens is 264 g/mol. The summed E-state index contributed by atoms with van der Waals surface area (Å²) in [7, 11) is 0. The summed E-state index contributed by atoms with van der Waals surface area (Å²) in [6, 6.07) is 0. The Morgan fingerprint density at radius 2 is 2.05 bits per heavy atom. The Morgan fingerprint density at radius 3 is 2.63 bits per heavy atom. The Bertz CT molecular complexity index is 412. The maximum atomic E-state index is 9.12. The number of ether oxygens (including phenoxy) is 1. The maximum Gasteiger partial charge on any atom is 0.0903 e. The molecule has 0 bridgehead atoms. The molecule has 0 spiro atoms. The molecule has 1 heterocycles. The van der Waals surface area contributed by atoms with Gasteiger partial charge in [0.15, 0.2) is 0 Å². The first kappa shape index (κ1) is 14.8. The van der Waals surface area contributed by atoms with Crippen molar-refractivity contribution >= 4 is 11.6 Å². The van der Waals surface area contributed by atoms with Gasteiger partial charge in [-0.3, -0.25) is 4.68 Å². The molecule has 0 unspecified atom stereocenters. The highest BCUT2D eigenvalue weighted by atomic mass is 35.5. The normalized spacial score (nSPS) is 23.8. The van der Waals surface area contributed by atoms with Crippen LogP contribution in [-0.4, -0.2) is 27.6 Å². The predicted molar refractivity (Wildman–Crippen MR) is 75.3 cm³/mol. The van der Waals surface area contributed by atoms with Crippen LogP contribution < -0.4 is 0 Å². The molecule has 0 atom stereocenters. The Kier molecular flexibility index (Phi) is 5.25. The van der Waals surface area contributed by atoms with E-state index in [1.807, 2.05) is 11.6 Å². The SMILES string of the molecule is CCn1nc(C)c(Cl)c1COC1CCC(CO)CC1. The van der Waals surface area contributed by atoms with Crippen LogP contribution in [0.25, 0.3) is 0 Å². The van der Waals surface area contributed by atoms with E-state index in [4.69, 9.17) is 21.4 Å². The van der Waals surface area contributed by atoms with E-state index in [1.54, 1.807) is 0 Å². The fourth-order valence-corrected chi connectivity index (χ4v) is 2.87. The monoisotopic (exact) mass is 286 g/mol. The van der Waals surface area contributed by atoms with Gasteiger partial charge in [-0.05, 0) is 45.4 Å². The van der Waals surface area contributed by atoms with Crippen LogP contribution in [0.15, 0.2) is 0 Å². The van der Waals surface area contributed by atoms with Crippen molar-refractivity contribution in [3.8, 4) is 0 Å². The molecule has 0 amide bonds. The van der Waals surface area contributed by atoms with Gasteiger partial charge in [0.25, 0.3) is 0 Å². The molecular formula is C14H23ClN2O2. The second kappa shape index (κ2) is 6.73. The van der Waals surface area contributed by atoms with Crippen LogP contribution in [-0.2, 0) is 17.9 Å². The summed E-state index contributed by atoms with van der Waals surface area (Å²) in [5.41, 5.74) is 1.84. The summed E-state index contributed by atoms with van der Waals surface area (Å²) in [5, 5.41) is 14.2. The van der Waals surface area contributed by atoms with Crippen LogP contribution in [0.3, 0.4) is 0 Å². The maximum absolute atomic E-state index is 9.12. The lowest BCUT2D eigenvalue weighted by Crippen LogP contribution is -2.23. The molecule has 0 saturated heterocycles. The molecule has 1 aliphatic rings. The number of hydrogen-bond acceptors (Lipinski definition) is 3. The Labute approximate surface area is 119 Å². The molecule has 0 aromatic carbocycles. The summed E-state index contributed by atoms with van der Waals surface area (Å²) in [6.07, 6.45) is 4.46. The van der Waals surface area contributed by atoms with Crippen molar-refractivity contribution in [3.05, 3.63) is 16.4 Å². The Hall–Kier alpha value is -0.580. The zero-order chi connectivity index (χ0) is 13.8. The zero-order valence-corrected chi connectivity index (χ0v) is 12.5. The van der Waals surface area contributed by atoms with E-state index in [0.29, 0.717) is 25.2 Å². The molecule has 0 radical (unpaired) electrons. The third-order valence-corrected chi connectivity index (χ3v) is 4.45. The van der Waals surface area contributed by atoms with Crippen molar-refractivity contribution in [2.24, 2.45) is 5.92 Å².